The number of esters is 2. The van der Waals surface area contributed by atoms with Crippen molar-refractivity contribution in [3.63, 3.8) is 0 Å². The van der Waals surface area contributed by atoms with E-state index < -0.39 is 24.3 Å². The molecule has 0 aromatic carbocycles. The van der Waals surface area contributed by atoms with E-state index in [1.165, 1.54) is 83.5 Å². The van der Waals surface area contributed by atoms with Crippen molar-refractivity contribution < 1.29 is 42.9 Å². The lowest BCUT2D eigenvalue weighted by atomic mass is 10.0. The summed E-state index contributed by atoms with van der Waals surface area (Å²) in [6, 6.07) is 0. The number of carboxylic acid groups (broad SMARTS) is 1. The number of ether oxygens (including phenoxy) is 4. The topological polar surface area (TPSA) is 111 Å². The molecule has 0 radical (unpaired) electrons. The summed E-state index contributed by atoms with van der Waals surface area (Å²) in [7, 11) is 5.92. The van der Waals surface area contributed by atoms with Crippen LogP contribution in [0.4, 0.5) is 0 Å². The molecule has 0 saturated carbocycles. The van der Waals surface area contributed by atoms with Gasteiger partial charge in [0.25, 0.3) is 0 Å². The fourth-order valence-corrected chi connectivity index (χ4v) is 9.50. The smallest absolute Gasteiger partial charge is 0.306 e. The van der Waals surface area contributed by atoms with Crippen LogP contribution < -0.4 is 5.11 Å². The molecule has 0 aliphatic carbocycles. The summed E-state index contributed by atoms with van der Waals surface area (Å²) in [5, 5.41) is 11.8. The number of likely N-dealkylation sites (N-methyl/N-ethyl adjacent to an activating group) is 1. The van der Waals surface area contributed by atoms with Crippen molar-refractivity contribution in [2.45, 2.75) is 283 Å². The number of carbonyl (C=O) groups is 3. The van der Waals surface area contributed by atoms with E-state index in [0.29, 0.717) is 23.9 Å². The van der Waals surface area contributed by atoms with Crippen molar-refractivity contribution >= 4 is 17.9 Å². The molecule has 0 aromatic heterocycles. The van der Waals surface area contributed by atoms with Crippen molar-refractivity contribution in [3.8, 4) is 0 Å². The number of aliphatic carboxylic acids is 1. The second kappa shape index (κ2) is 70.5. The molecule has 91 heavy (non-hydrogen) atoms. The molecule has 0 aliphatic rings. The van der Waals surface area contributed by atoms with Gasteiger partial charge in [-0.05, 0) is 128 Å². The van der Waals surface area contributed by atoms with Gasteiger partial charge in [-0.15, -0.1) is 0 Å². The average Bonchev–Trinajstić information content (AvgIpc) is 3.53. The van der Waals surface area contributed by atoms with Crippen molar-refractivity contribution in [1.29, 1.82) is 0 Å². The van der Waals surface area contributed by atoms with Crippen LogP contribution in [0.1, 0.15) is 271 Å². The number of quaternary nitrogens is 1. The molecule has 0 aromatic rings. The summed E-state index contributed by atoms with van der Waals surface area (Å²) >= 11 is 0. The largest absolute Gasteiger partial charge is 0.545 e. The zero-order chi connectivity index (χ0) is 66.1. The third kappa shape index (κ3) is 71.9. The highest BCUT2D eigenvalue weighted by Crippen LogP contribution is 2.16. The predicted molar refractivity (Wildman–Crippen MR) is 388 cm³/mol. The Morgan fingerprint density at radius 1 is 0.330 bits per heavy atom. The van der Waals surface area contributed by atoms with Crippen LogP contribution in [-0.4, -0.2) is 82.3 Å². The van der Waals surface area contributed by atoms with E-state index in [4.69, 9.17) is 18.9 Å². The van der Waals surface area contributed by atoms with Crippen LogP contribution in [-0.2, 0) is 33.3 Å². The molecule has 2 atom stereocenters. The van der Waals surface area contributed by atoms with E-state index >= 15 is 0 Å². The van der Waals surface area contributed by atoms with E-state index in [2.05, 4.69) is 184 Å². The van der Waals surface area contributed by atoms with Gasteiger partial charge >= 0.3 is 11.9 Å². The molecule has 9 nitrogen and oxygen atoms in total. The van der Waals surface area contributed by atoms with Crippen LogP contribution in [0.3, 0.4) is 0 Å². The maximum Gasteiger partial charge on any atom is 0.306 e. The summed E-state index contributed by atoms with van der Waals surface area (Å²) in [6.07, 6.45) is 103. The Morgan fingerprint density at radius 3 is 0.879 bits per heavy atom. The van der Waals surface area contributed by atoms with Gasteiger partial charge in [-0.2, -0.15) is 0 Å². The molecule has 0 fully saturated rings. The third-order valence-electron chi connectivity index (χ3n) is 15.0. The number of carbonyl (C=O) groups excluding carboxylic acids is 3. The number of hydrogen-bond donors (Lipinski definition) is 0. The molecule has 0 amide bonds. The highest BCUT2D eigenvalue weighted by atomic mass is 16.7. The molecule has 0 heterocycles. The minimum absolute atomic E-state index is 0.138. The Balaban J connectivity index is 4.12. The zero-order valence-electron chi connectivity index (χ0n) is 58.6. The second-order valence-corrected chi connectivity index (χ2v) is 24.8. The minimum Gasteiger partial charge on any atom is -0.545 e. The lowest BCUT2D eigenvalue weighted by Gasteiger charge is -2.26. The second-order valence-electron chi connectivity index (χ2n) is 24.8. The summed E-state index contributed by atoms with van der Waals surface area (Å²) in [5.74, 6) is -2.31. The number of unbranched alkanes of at least 4 members (excludes halogenated alkanes) is 22. The monoisotopic (exact) mass is 1260 g/mol. The van der Waals surface area contributed by atoms with Gasteiger partial charge in [0, 0.05) is 12.8 Å². The SMILES string of the molecule is CC/C=C\C/C=C\C/C=C\C/C=C\C/C=C\C/C=C\C/C=C\C/C=C\CCCCCCCCCCCCCCCCCCC(=O)OC(COC(=O)CCCCCCCC/C=C\C/C=C\C/C=C\C/C=C\C/C=C\C/C=C\CC)COC(OCC[N+](C)(C)C)C(=O)[O-]. The van der Waals surface area contributed by atoms with Crippen molar-refractivity contribution in [3.05, 3.63) is 170 Å². The molecule has 0 rings (SSSR count). The van der Waals surface area contributed by atoms with E-state index in [1.807, 2.05) is 21.1 Å². The highest BCUT2D eigenvalue weighted by Gasteiger charge is 2.22. The van der Waals surface area contributed by atoms with Gasteiger partial charge in [-0.3, -0.25) is 9.59 Å². The number of allylic oxidation sites excluding steroid dienone is 28. The molecule has 0 saturated heterocycles. The van der Waals surface area contributed by atoms with E-state index in [-0.39, 0.29) is 38.6 Å². The van der Waals surface area contributed by atoms with Crippen LogP contribution in [0.15, 0.2) is 170 Å². The Labute approximate surface area is 558 Å². The van der Waals surface area contributed by atoms with Gasteiger partial charge in [-0.1, -0.05) is 300 Å². The fraction of sp³-hybridized carbons (Fsp3) is 0.622. The predicted octanol–water partition coefficient (Wildman–Crippen LogP) is 21.7. The van der Waals surface area contributed by atoms with Crippen molar-refractivity contribution in [2.75, 3.05) is 47.5 Å². The van der Waals surface area contributed by atoms with Crippen LogP contribution in [0.5, 0.6) is 0 Å². The fourth-order valence-electron chi connectivity index (χ4n) is 9.50. The van der Waals surface area contributed by atoms with Crippen molar-refractivity contribution in [1.82, 2.24) is 0 Å². The molecule has 0 N–H and O–H groups in total. The Bertz CT molecular complexity index is 2100. The minimum atomic E-state index is -1.64. The highest BCUT2D eigenvalue weighted by molar-refractivity contribution is 5.70. The van der Waals surface area contributed by atoms with Gasteiger partial charge < -0.3 is 33.3 Å². The Hall–Kier alpha value is -5.35. The molecular formula is C82H133NO8. The maximum atomic E-state index is 12.9. The molecule has 0 bridgehead atoms. The van der Waals surface area contributed by atoms with Crippen LogP contribution in [0.25, 0.3) is 0 Å². The van der Waals surface area contributed by atoms with Crippen LogP contribution >= 0.6 is 0 Å². The maximum absolute atomic E-state index is 12.9. The summed E-state index contributed by atoms with van der Waals surface area (Å²) in [4.78, 5) is 37.5. The summed E-state index contributed by atoms with van der Waals surface area (Å²) in [5.41, 5.74) is 0. The third-order valence-corrected chi connectivity index (χ3v) is 15.0. The Morgan fingerprint density at radius 2 is 0.593 bits per heavy atom. The van der Waals surface area contributed by atoms with E-state index in [0.717, 1.165) is 148 Å². The van der Waals surface area contributed by atoms with Crippen LogP contribution in [0.2, 0.25) is 0 Å². The van der Waals surface area contributed by atoms with E-state index in [9.17, 15) is 19.5 Å². The van der Waals surface area contributed by atoms with E-state index in [1.54, 1.807) is 0 Å². The standard InChI is InChI=1S/C82H133NO8/c1-6-8-10-12-14-16-18-20-22-24-26-28-30-32-33-34-35-36-37-38-39-40-41-42-43-44-45-46-47-49-51-53-55-57-59-61-63-65-67-69-71-73-80(85)91-78(77-90-82(81(86)87)88-75-74-83(3,4)5)76-89-79(84)72-70-68-66-64-62-60-58-56-54-52-50-48-31-29-27-25-23-21-19-17-15-13-11-9-7-2/h8-11,14-17,20-23,26-29,32-33,35-36,38-39,41-42,48,50,54,56,78,82H,6-7,12-13,18-19,24-25,30-31,34,37,40,43-47,49,51-53,55,57-77H2,1-5H3/b10-8-,11-9-,16-14-,17-15-,22-20-,23-21-,28-26-,29-27-,33-32-,36-35-,39-38-,42-41-,50-48-,56-54-. The number of nitrogens with zero attached hydrogens (tertiary/aromatic N) is 1. The molecule has 514 valence electrons. The number of rotatable bonds is 65. The molecule has 9 heteroatoms. The van der Waals surface area contributed by atoms with Crippen molar-refractivity contribution in [2.24, 2.45) is 0 Å². The first-order valence-corrected chi connectivity index (χ1v) is 36.3. The number of hydrogen-bond acceptors (Lipinski definition) is 8. The zero-order valence-corrected chi connectivity index (χ0v) is 58.6. The first kappa shape index (κ1) is 85.7. The Kier molecular flexibility index (Phi) is 66.4. The van der Waals surface area contributed by atoms with Crippen LogP contribution in [0, 0.1) is 0 Å². The first-order valence-electron chi connectivity index (χ1n) is 36.3. The normalized spacial score (nSPS) is 13.7. The summed E-state index contributed by atoms with van der Waals surface area (Å²) in [6.45, 7) is 4.50. The van der Waals surface area contributed by atoms with Gasteiger partial charge in [0.15, 0.2) is 12.4 Å². The molecule has 0 spiro atoms. The number of carboxylic acids is 1. The lowest BCUT2D eigenvalue weighted by Crippen LogP contribution is -2.44. The average molecular weight is 1260 g/mol. The molecule has 0 aliphatic heterocycles. The summed E-state index contributed by atoms with van der Waals surface area (Å²) < 4.78 is 22.8. The molecular weight excluding hydrogens is 1130 g/mol. The van der Waals surface area contributed by atoms with Gasteiger partial charge in [0.2, 0.25) is 0 Å². The quantitative estimate of drug-likeness (QED) is 0.0195. The van der Waals surface area contributed by atoms with Gasteiger partial charge in [0.1, 0.15) is 13.2 Å². The first-order chi connectivity index (χ1) is 44.6. The molecule has 2 unspecified atom stereocenters. The lowest BCUT2D eigenvalue weighted by molar-refractivity contribution is -0.870. The van der Waals surface area contributed by atoms with Gasteiger partial charge in [-0.25, -0.2) is 0 Å². The van der Waals surface area contributed by atoms with Gasteiger partial charge in [0.05, 0.1) is 40.3 Å².